The number of halogens is 3. The number of unbranched alkanes of at least 4 members (excludes halogenated alkanes) is 3. The van der Waals surface area contributed by atoms with Crippen molar-refractivity contribution in [1.82, 2.24) is 0 Å². The quantitative estimate of drug-likeness (QED) is 0.603. The number of aliphatic hydroxyl groups is 1. The van der Waals surface area contributed by atoms with Gasteiger partial charge in [0.05, 0.1) is 0 Å². The second-order valence-electron chi connectivity index (χ2n) is 2.78. The highest BCUT2D eigenvalue weighted by Crippen LogP contribution is 2.14. The largest absolute Gasteiger partial charge is 0.396 e. The molecule has 0 aliphatic rings. The molecular weight excluding hydrogens is 169 g/mol. The molecule has 12 heavy (non-hydrogen) atoms. The molecular formula is C8H15F3O. The van der Waals surface area contributed by atoms with Crippen molar-refractivity contribution in [3.05, 3.63) is 0 Å². The molecule has 0 bridgehead atoms. The maximum absolute atomic E-state index is 12.2. The molecule has 0 saturated heterocycles. The zero-order chi connectivity index (χ0) is 9.40. The molecule has 0 radical (unpaired) electrons. The smallest absolute Gasteiger partial charge is 0.269 e. The summed E-state index contributed by atoms with van der Waals surface area (Å²) in [6.45, 7) is 0.119. The summed E-state index contributed by atoms with van der Waals surface area (Å²) in [6.07, 6.45) is -2.23. The zero-order valence-corrected chi connectivity index (χ0v) is 6.98. The Bertz CT molecular complexity index is 98.3. The Hall–Kier alpha value is -0.250. The van der Waals surface area contributed by atoms with Gasteiger partial charge < -0.3 is 5.11 Å². The summed E-state index contributed by atoms with van der Waals surface area (Å²) < 4.78 is 35.4. The first-order valence-electron chi connectivity index (χ1n) is 4.21. The Kier molecular flexibility index (Phi) is 7.25. The van der Waals surface area contributed by atoms with E-state index in [1.54, 1.807) is 0 Å². The van der Waals surface area contributed by atoms with Crippen molar-refractivity contribution in [3.8, 4) is 0 Å². The predicted octanol–water partition coefficient (Wildman–Crippen LogP) is 2.53. The van der Waals surface area contributed by atoms with E-state index in [2.05, 4.69) is 0 Å². The van der Waals surface area contributed by atoms with Gasteiger partial charge in [0.2, 0.25) is 0 Å². The predicted molar refractivity (Wildman–Crippen MR) is 41.1 cm³/mol. The van der Waals surface area contributed by atoms with Crippen molar-refractivity contribution in [1.29, 1.82) is 0 Å². The van der Waals surface area contributed by atoms with Crippen LogP contribution >= 0.6 is 0 Å². The van der Waals surface area contributed by atoms with Gasteiger partial charge in [0, 0.05) is 6.61 Å². The number of hydrogen-bond donors (Lipinski definition) is 1. The highest BCUT2D eigenvalue weighted by molar-refractivity contribution is 4.58. The van der Waals surface area contributed by atoms with Crippen LogP contribution in [0.3, 0.4) is 0 Å². The average molecular weight is 184 g/mol. The average Bonchev–Trinajstić information content (AvgIpc) is 2.03. The SMILES string of the molecule is OCCCCCCC(F)C(F)F. The molecule has 0 spiro atoms. The maximum atomic E-state index is 12.2. The molecule has 1 unspecified atom stereocenters. The van der Waals surface area contributed by atoms with Crippen LogP contribution in [0.5, 0.6) is 0 Å². The summed E-state index contributed by atoms with van der Waals surface area (Å²) in [7, 11) is 0. The van der Waals surface area contributed by atoms with Crippen LogP contribution < -0.4 is 0 Å². The lowest BCUT2D eigenvalue weighted by Crippen LogP contribution is -2.11. The van der Waals surface area contributed by atoms with E-state index in [4.69, 9.17) is 5.11 Å². The summed E-state index contributed by atoms with van der Waals surface area (Å²) in [5, 5.41) is 8.37. The van der Waals surface area contributed by atoms with Gasteiger partial charge in [-0.1, -0.05) is 19.3 Å². The number of hydrogen-bond acceptors (Lipinski definition) is 1. The van der Waals surface area contributed by atoms with Crippen molar-refractivity contribution >= 4 is 0 Å². The Morgan fingerprint density at radius 3 is 2.00 bits per heavy atom. The van der Waals surface area contributed by atoms with E-state index in [1.807, 2.05) is 0 Å². The lowest BCUT2D eigenvalue weighted by molar-refractivity contribution is 0.0439. The molecule has 0 aliphatic heterocycles. The Morgan fingerprint density at radius 1 is 0.917 bits per heavy atom. The van der Waals surface area contributed by atoms with Gasteiger partial charge in [-0.2, -0.15) is 0 Å². The molecule has 4 heteroatoms. The second-order valence-corrected chi connectivity index (χ2v) is 2.78. The lowest BCUT2D eigenvalue weighted by atomic mass is 10.1. The minimum atomic E-state index is -2.84. The van der Waals surface area contributed by atoms with Crippen LogP contribution in [0.2, 0.25) is 0 Å². The van der Waals surface area contributed by atoms with Gasteiger partial charge in [0.15, 0.2) is 6.17 Å². The van der Waals surface area contributed by atoms with Crippen LogP contribution in [-0.4, -0.2) is 24.3 Å². The third kappa shape index (κ3) is 6.46. The highest BCUT2D eigenvalue weighted by atomic mass is 19.3. The number of aliphatic hydroxyl groups excluding tert-OH is 1. The van der Waals surface area contributed by atoms with Crippen LogP contribution in [0.1, 0.15) is 32.1 Å². The third-order valence-corrected chi connectivity index (χ3v) is 1.66. The molecule has 0 rings (SSSR count). The van der Waals surface area contributed by atoms with Crippen molar-refractivity contribution < 1.29 is 18.3 Å². The summed E-state index contributed by atoms with van der Waals surface area (Å²) in [4.78, 5) is 0. The molecule has 1 atom stereocenters. The summed E-state index contributed by atoms with van der Waals surface area (Å²) in [5.41, 5.74) is 0. The fraction of sp³-hybridized carbons (Fsp3) is 1.00. The molecule has 1 nitrogen and oxygen atoms in total. The normalized spacial score (nSPS) is 13.8. The minimum Gasteiger partial charge on any atom is -0.396 e. The standard InChI is InChI=1S/C8H15F3O/c9-7(8(10)11)5-3-1-2-4-6-12/h7-8,12H,1-6H2. The molecule has 0 aromatic carbocycles. The molecule has 74 valence electrons. The molecule has 0 saturated carbocycles. The number of rotatable bonds is 7. The van der Waals surface area contributed by atoms with Crippen LogP contribution in [-0.2, 0) is 0 Å². The van der Waals surface area contributed by atoms with Crippen molar-refractivity contribution in [3.63, 3.8) is 0 Å². The lowest BCUT2D eigenvalue weighted by Gasteiger charge is -2.05. The summed E-state index contributed by atoms with van der Waals surface area (Å²) >= 11 is 0. The summed E-state index contributed by atoms with van der Waals surface area (Å²) in [5.74, 6) is 0. The molecule has 0 aromatic heterocycles. The first kappa shape index (κ1) is 11.8. The molecule has 0 aliphatic carbocycles. The van der Waals surface area contributed by atoms with E-state index >= 15 is 0 Å². The fourth-order valence-corrected chi connectivity index (χ4v) is 0.931. The van der Waals surface area contributed by atoms with E-state index in [-0.39, 0.29) is 13.0 Å². The molecule has 0 aromatic rings. The fourth-order valence-electron chi connectivity index (χ4n) is 0.931. The van der Waals surface area contributed by atoms with Gasteiger partial charge in [0.1, 0.15) is 0 Å². The van der Waals surface area contributed by atoms with Gasteiger partial charge >= 0.3 is 0 Å². The van der Waals surface area contributed by atoms with Crippen LogP contribution in [0.25, 0.3) is 0 Å². The molecule has 0 amide bonds. The van der Waals surface area contributed by atoms with Crippen molar-refractivity contribution in [2.24, 2.45) is 0 Å². The van der Waals surface area contributed by atoms with E-state index in [9.17, 15) is 13.2 Å². The van der Waals surface area contributed by atoms with Gasteiger partial charge in [0.25, 0.3) is 6.43 Å². The van der Waals surface area contributed by atoms with Crippen LogP contribution in [0, 0.1) is 0 Å². The van der Waals surface area contributed by atoms with E-state index in [0.717, 1.165) is 6.42 Å². The van der Waals surface area contributed by atoms with Crippen molar-refractivity contribution in [2.75, 3.05) is 6.61 Å². The van der Waals surface area contributed by atoms with E-state index in [0.29, 0.717) is 19.3 Å². The maximum Gasteiger partial charge on any atom is 0.269 e. The molecule has 0 fully saturated rings. The van der Waals surface area contributed by atoms with E-state index in [1.165, 1.54) is 0 Å². The van der Waals surface area contributed by atoms with Gasteiger partial charge in [-0.25, -0.2) is 13.2 Å². The minimum absolute atomic E-state index is 0.0664. The Labute approximate surface area is 70.6 Å². The van der Waals surface area contributed by atoms with E-state index < -0.39 is 12.6 Å². The van der Waals surface area contributed by atoms with Gasteiger partial charge in [-0.3, -0.25) is 0 Å². The molecule has 0 heterocycles. The Balaban J connectivity index is 3.08. The highest BCUT2D eigenvalue weighted by Gasteiger charge is 2.17. The summed E-state index contributed by atoms with van der Waals surface area (Å²) in [6, 6.07) is 0. The first-order valence-corrected chi connectivity index (χ1v) is 4.21. The monoisotopic (exact) mass is 184 g/mol. The van der Waals surface area contributed by atoms with Crippen LogP contribution in [0.15, 0.2) is 0 Å². The van der Waals surface area contributed by atoms with Crippen molar-refractivity contribution in [2.45, 2.75) is 44.7 Å². The molecule has 1 N–H and O–H groups in total. The zero-order valence-electron chi connectivity index (χ0n) is 6.98. The third-order valence-electron chi connectivity index (χ3n) is 1.66. The number of alkyl halides is 3. The van der Waals surface area contributed by atoms with Gasteiger partial charge in [-0.05, 0) is 12.8 Å². The van der Waals surface area contributed by atoms with Gasteiger partial charge in [-0.15, -0.1) is 0 Å². The topological polar surface area (TPSA) is 20.2 Å². The first-order chi connectivity index (χ1) is 5.68. The second kappa shape index (κ2) is 7.40. The van der Waals surface area contributed by atoms with Crippen LogP contribution in [0.4, 0.5) is 13.2 Å². The Morgan fingerprint density at radius 2 is 1.50 bits per heavy atom.